The second kappa shape index (κ2) is 7.40. The highest BCUT2D eigenvalue weighted by molar-refractivity contribution is 7.98. The van der Waals surface area contributed by atoms with Gasteiger partial charge in [0.25, 0.3) is 0 Å². The minimum Gasteiger partial charge on any atom is -0.480 e. The first-order valence-electron chi connectivity index (χ1n) is 5.76. The lowest BCUT2D eigenvalue weighted by Gasteiger charge is -2.15. The van der Waals surface area contributed by atoms with Gasteiger partial charge in [-0.25, -0.2) is 12.8 Å². The molecule has 0 radical (unpaired) electrons. The zero-order valence-corrected chi connectivity index (χ0v) is 12.7. The Hall–Kier alpha value is -1.63. The summed E-state index contributed by atoms with van der Waals surface area (Å²) in [5.41, 5.74) is -0.640. The molecule has 0 amide bonds. The predicted octanol–water partition coefficient (Wildman–Crippen LogP) is 1.18. The summed E-state index contributed by atoms with van der Waals surface area (Å²) in [4.78, 5) is 10.5. The van der Waals surface area contributed by atoms with E-state index in [4.69, 9.17) is 10.4 Å². The van der Waals surface area contributed by atoms with Crippen LogP contribution >= 0.6 is 11.8 Å². The summed E-state index contributed by atoms with van der Waals surface area (Å²) >= 11 is 1.37. The van der Waals surface area contributed by atoms with Gasteiger partial charge in [-0.15, -0.1) is 0 Å². The molecule has 1 aromatic rings. The van der Waals surface area contributed by atoms with Gasteiger partial charge in [0.15, 0.2) is 0 Å². The van der Waals surface area contributed by atoms with Gasteiger partial charge >= 0.3 is 5.97 Å². The Kier molecular flexibility index (Phi) is 6.14. The SMILES string of the molecule is CSCC[C@@H](NS(=O)(=O)c1cccc(F)c1C#N)C(=O)O. The van der Waals surface area contributed by atoms with Gasteiger partial charge in [0.1, 0.15) is 28.4 Å². The predicted molar refractivity (Wildman–Crippen MR) is 75.9 cm³/mol. The van der Waals surface area contributed by atoms with Gasteiger partial charge in [0, 0.05) is 0 Å². The van der Waals surface area contributed by atoms with Crippen molar-refractivity contribution in [2.24, 2.45) is 0 Å². The summed E-state index contributed by atoms with van der Waals surface area (Å²) < 4.78 is 39.7. The molecule has 0 fully saturated rings. The Morgan fingerprint density at radius 1 is 1.57 bits per heavy atom. The number of carboxylic acids is 1. The Morgan fingerprint density at radius 2 is 2.24 bits per heavy atom. The molecule has 0 spiro atoms. The smallest absolute Gasteiger partial charge is 0.321 e. The molecule has 2 N–H and O–H groups in total. The largest absolute Gasteiger partial charge is 0.480 e. The monoisotopic (exact) mass is 332 g/mol. The Balaban J connectivity index is 3.14. The van der Waals surface area contributed by atoms with E-state index in [0.29, 0.717) is 5.75 Å². The van der Waals surface area contributed by atoms with Crippen molar-refractivity contribution in [1.29, 1.82) is 5.26 Å². The molecule has 0 aromatic heterocycles. The van der Waals surface area contributed by atoms with E-state index in [-0.39, 0.29) is 6.42 Å². The molecule has 1 aromatic carbocycles. The number of aliphatic carboxylic acids is 1. The van der Waals surface area contributed by atoms with E-state index in [0.717, 1.165) is 18.2 Å². The molecule has 0 aliphatic rings. The van der Waals surface area contributed by atoms with Crippen molar-refractivity contribution in [3.63, 3.8) is 0 Å². The molecule has 9 heteroatoms. The second-order valence-corrected chi connectivity index (χ2v) is 6.69. The van der Waals surface area contributed by atoms with Crippen LogP contribution in [0.2, 0.25) is 0 Å². The van der Waals surface area contributed by atoms with E-state index in [1.807, 2.05) is 4.72 Å². The first-order valence-corrected chi connectivity index (χ1v) is 8.64. The van der Waals surface area contributed by atoms with Crippen LogP contribution in [0.1, 0.15) is 12.0 Å². The maximum absolute atomic E-state index is 13.4. The average molecular weight is 332 g/mol. The van der Waals surface area contributed by atoms with E-state index in [1.165, 1.54) is 17.8 Å². The van der Waals surface area contributed by atoms with E-state index >= 15 is 0 Å². The fraction of sp³-hybridized carbons (Fsp3) is 0.333. The number of sulfonamides is 1. The number of rotatable bonds is 7. The zero-order valence-electron chi connectivity index (χ0n) is 11.0. The molecular formula is C12H13FN2O4S2. The highest BCUT2D eigenvalue weighted by Gasteiger charge is 2.27. The van der Waals surface area contributed by atoms with Crippen molar-refractivity contribution in [3.8, 4) is 6.07 Å². The van der Waals surface area contributed by atoms with Crippen molar-refractivity contribution in [2.45, 2.75) is 17.4 Å². The van der Waals surface area contributed by atoms with Gasteiger partial charge in [0.2, 0.25) is 10.0 Å². The minimum atomic E-state index is -4.30. The third-order valence-electron chi connectivity index (χ3n) is 2.58. The number of carbonyl (C=O) groups is 1. The maximum Gasteiger partial charge on any atom is 0.321 e. The Labute approximate surface area is 126 Å². The summed E-state index contributed by atoms with van der Waals surface area (Å²) in [6.07, 6.45) is 1.83. The molecule has 0 unspecified atom stereocenters. The molecule has 1 atom stereocenters. The van der Waals surface area contributed by atoms with Gasteiger partial charge in [0.05, 0.1) is 0 Å². The Morgan fingerprint density at radius 3 is 2.76 bits per heavy atom. The lowest BCUT2D eigenvalue weighted by atomic mass is 10.2. The van der Waals surface area contributed by atoms with Crippen molar-refractivity contribution >= 4 is 27.8 Å². The molecule has 0 aliphatic heterocycles. The first-order chi connectivity index (χ1) is 9.83. The third kappa shape index (κ3) is 4.42. The molecule has 0 saturated carbocycles. The quantitative estimate of drug-likeness (QED) is 0.776. The van der Waals surface area contributed by atoms with Crippen LogP contribution in [0.15, 0.2) is 23.1 Å². The summed E-state index contributed by atoms with van der Waals surface area (Å²) in [5, 5.41) is 17.9. The van der Waals surface area contributed by atoms with Crippen LogP contribution in [0, 0.1) is 17.1 Å². The van der Waals surface area contributed by atoms with E-state index in [2.05, 4.69) is 0 Å². The summed E-state index contributed by atoms with van der Waals surface area (Å²) in [5.74, 6) is -1.87. The van der Waals surface area contributed by atoms with Gasteiger partial charge in [-0.2, -0.15) is 21.7 Å². The first kappa shape index (κ1) is 17.4. The van der Waals surface area contributed by atoms with Crippen LogP contribution in [0.5, 0.6) is 0 Å². The van der Waals surface area contributed by atoms with Crippen LogP contribution in [-0.2, 0) is 14.8 Å². The van der Waals surface area contributed by atoms with Crippen LogP contribution in [0.4, 0.5) is 4.39 Å². The summed E-state index contributed by atoms with van der Waals surface area (Å²) in [6.45, 7) is 0. The fourth-order valence-electron chi connectivity index (χ4n) is 1.56. The molecule has 0 bridgehead atoms. The van der Waals surface area contributed by atoms with Gasteiger partial charge in [-0.1, -0.05) is 6.07 Å². The minimum absolute atomic E-state index is 0.0763. The number of nitriles is 1. The molecular weight excluding hydrogens is 319 g/mol. The van der Waals surface area contributed by atoms with E-state index < -0.39 is 38.3 Å². The maximum atomic E-state index is 13.4. The lowest BCUT2D eigenvalue weighted by Crippen LogP contribution is -2.41. The van der Waals surface area contributed by atoms with Gasteiger partial charge in [-0.05, 0) is 30.6 Å². The molecule has 0 saturated heterocycles. The van der Waals surface area contributed by atoms with Gasteiger partial charge in [-0.3, -0.25) is 4.79 Å². The van der Waals surface area contributed by atoms with Crippen LogP contribution in [0.3, 0.4) is 0 Å². The van der Waals surface area contributed by atoms with Crippen LogP contribution in [0.25, 0.3) is 0 Å². The van der Waals surface area contributed by atoms with Crippen molar-refractivity contribution in [1.82, 2.24) is 4.72 Å². The van der Waals surface area contributed by atoms with Crippen LogP contribution in [-0.4, -0.2) is 37.5 Å². The Bertz CT molecular complexity index is 670. The van der Waals surface area contributed by atoms with Gasteiger partial charge < -0.3 is 5.11 Å². The molecule has 114 valence electrons. The number of hydrogen-bond donors (Lipinski definition) is 2. The summed E-state index contributed by atoms with van der Waals surface area (Å²) in [6, 6.07) is 3.29. The molecule has 0 aliphatic carbocycles. The zero-order chi connectivity index (χ0) is 16.0. The lowest BCUT2D eigenvalue weighted by molar-refractivity contribution is -0.139. The number of hydrogen-bond acceptors (Lipinski definition) is 5. The average Bonchev–Trinajstić information content (AvgIpc) is 2.42. The number of benzene rings is 1. The number of halogens is 1. The van der Waals surface area contributed by atoms with Crippen LogP contribution < -0.4 is 4.72 Å². The fourth-order valence-corrected chi connectivity index (χ4v) is 3.42. The molecule has 1 rings (SSSR count). The molecule has 6 nitrogen and oxygen atoms in total. The van der Waals surface area contributed by atoms with E-state index in [9.17, 15) is 17.6 Å². The van der Waals surface area contributed by atoms with Crippen molar-refractivity contribution in [2.75, 3.05) is 12.0 Å². The van der Waals surface area contributed by atoms with Crippen molar-refractivity contribution in [3.05, 3.63) is 29.6 Å². The number of nitrogens with zero attached hydrogens (tertiary/aromatic N) is 1. The number of nitrogens with one attached hydrogen (secondary N) is 1. The number of thioether (sulfide) groups is 1. The standard InChI is InChI=1S/C12H13FN2O4S2/c1-20-6-5-10(12(16)17)15-21(18,19)11-4-2-3-9(13)8(11)7-14/h2-4,10,15H,5-6H2,1H3,(H,16,17)/t10-/m1/s1. The molecule has 21 heavy (non-hydrogen) atoms. The van der Waals surface area contributed by atoms with E-state index in [1.54, 1.807) is 6.26 Å². The number of carboxylic acid groups (broad SMARTS) is 1. The second-order valence-electron chi connectivity index (χ2n) is 4.02. The topological polar surface area (TPSA) is 107 Å². The normalized spacial score (nSPS) is 12.6. The highest BCUT2D eigenvalue weighted by Crippen LogP contribution is 2.18. The summed E-state index contributed by atoms with van der Waals surface area (Å²) in [7, 11) is -4.30. The third-order valence-corrected chi connectivity index (χ3v) is 4.74. The molecule has 0 heterocycles. The van der Waals surface area contributed by atoms with Crippen molar-refractivity contribution < 1.29 is 22.7 Å². The highest BCUT2D eigenvalue weighted by atomic mass is 32.2.